The molecule has 0 spiro atoms. The lowest BCUT2D eigenvalue weighted by molar-refractivity contribution is -0.143. The van der Waals surface area contributed by atoms with E-state index in [1.165, 1.54) is 0 Å². The highest BCUT2D eigenvalue weighted by molar-refractivity contribution is 5.95. The van der Waals surface area contributed by atoms with Crippen molar-refractivity contribution in [2.24, 2.45) is 11.8 Å². The second kappa shape index (κ2) is 8.83. The maximum Gasteiger partial charge on any atom is 0.326 e. The van der Waals surface area contributed by atoms with Crippen LogP contribution in [0.25, 0.3) is 0 Å². The molecule has 142 valence electrons. The number of piperidine rings is 1. The standard InChI is InChI=1S/C20H28N2O4/c1-13(2)11-17(20(25)26)21-18(23)16-5-4-10-22(12-16)19(24)15-8-6-14(3)7-9-15/h6-9,13,16-17H,4-5,10-12H2,1-3H3,(H,21,23)(H,25,26)/t16?,17-/m0/s1. The minimum atomic E-state index is -1.02. The predicted octanol–water partition coefficient (Wildman–Crippen LogP) is 2.46. The molecular formula is C20H28N2O4. The summed E-state index contributed by atoms with van der Waals surface area (Å²) in [5, 5.41) is 11.9. The number of nitrogens with zero attached hydrogens (tertiary/aromatic N) is 1. The van der Waals surface area contributed by atoms with E-state index in [2.05, 4.69) is 5.32 Å². The van der Waals surface area contributed by atoms with Gasteiger partial charge in [0.05, 0.1) is 5.92 Å². The van der Waals surface area contributed by atoms with Crippen molar-refractivity contribution in [2.75, 3.05) is 13.1 Å². The monoisotopic (exact) mass is 360 g/mol. The van der Waals surface area contributed by atoms with E-state index in [9.17, 15) is 19.5 Å². The molecule has 0 aliphatic carbocycles. The molecule has 26 heavy (non-hydrogen) atoms. The number of hydrogen-bond donors (Lipinski definition) is 2. The molecule has 2 atom stereocenters. The van der Waals surface area contributed by atoms with Gasteiger partial charge in [-0.2, -0.15) is 0 Å². The first kappa shape index (κ1) is 19.9. The second-order valence-corrected chi connectivity index (χ2v) is 7.49. The third-order valence-corrected chi connectivity index (χ3v) is 4.70. The molecule has 1 aliphatic rings. The fourth-order valence-electron chi connectivity index (χ4n) is 3.24. The summed E-state index contributed by atoms with van der Waals surface area (Å²) in [5.74, 6) is -1.58. The number of rotatable bonds is 6. The normalized spacial score (nSPS) is 18.5. The lowest BCUT2D eigenvalue weighted by Gasteiger charge is -2.32. The van der Waals surface area contributed by atoms with Gasteiger partial charge >= 0.3 is 5.97 Å². The number of carboxylic acids is 1. The Labute approximate surface area is 154 Å². The highest BCUT2D eigenvalue weighted by atomic mass is 16.4. The van der Waals surface area contributed by atoms with Crippen molar-refractivity contribution in [3.63, 3.8) is 0 Å². The summed E-state index contributed by atoms with van der Waals surface area (Å²) in [6.45, 7) is 6.75. The molecule has 1 fully saturated rings. The summed E-state index contributed by atoms with van der Waals surface area (Å²) in [7, 11) is 0. The van der Waals surface area contributed by atoms with Gasteiger partial charge in [-0.15, -0.1) is 0 Å². The topological polar surface area (TPSA) is 86.7 Å². The Morgan fingerprint density at radius 1 is 1.23 bits per heavy atom. The van der Waals surface area contributed by atoms with Crippen molar-refractivity contribution in [1.82, 2.24) is 10.2 Å². The average Bonchev–Trinajstić information content (AvgIpc) is 2.60. The summed E-state index contributed by atoms with van der Waals surface area (Å²) >= 11 is 0. The largest absolute Gasteiger partial charge is 0.480 e. The Kier molecular flexibility index (Phi) is 6.77. The highest BCUT2D eigenvalue weighted by Crippen LogP contribution is 2.20. The molecule has 1 aromatic rings. The van der Waals surface area contributed by atoms with E-state index in [1.807, 2.05) is 32.9 Å². The Bertz CT molecular complexity index is 654. The number of hydrogen-bond acceptors (Lipinski definition) is 3. The van der Waals surface area contributed by atoms with E-state index in [0.717, 1.165) is 12.0 Å². The molecule has 1 saturated heterocycles. The van der Waals surface area contributed by atoms with Crippen LogP contribution >= 0.6 is 0 Å². The van der Waals surface area contributed by atoms with Crippen LogP contribution in [0, 0.1) is 18.8 Å². The van der Waals surface area contributed by atoms with Gasteiger partial charge < -0.3 is 15.3 Å². The first-order chi connectivity index (χ1) is 12.3. The number of likely N-dealkylation sites (tertiary alicyclic amines) is 1. The van der Waals surface area contributed by atoms with Crippen LogP contribution in [-0.4, -0.2) is 46.9 Å². The van der Waals surface area contributed by atoms with Gasteiger partial charge in [0, 0.05) is 18.7 Å². The lowest BCUT2D eigenvalue weighted by atomic mass is 9.95. The van der Waals surface area contributed by atoms with Crippen molar-refractivity contribution < 1.29 is 19.5 Å². The molecular weight excluding hydrogens is 332 g/mol. The smallest absolute Gasteiger partial charge is 0.326 e. The zero-order valence-corrected chi connectivity index (χ0v) is 15.7. The van der Waals surface area contributed by atoms with E-state index >= 15 is 0 Å². The quantitative estimate of drug-likeness (QED) is 0.816. The van der Waals surface area contributed by atoms with Crippen molar-refractivity contribution >= 4 is 17.8 Å². The van der Waals surface area contributed by atoms with Crippen LogP contribution in [-0.2, 0) is 9.59 Å². The fraction of sp³-hybridized carbons (Fsp3) is 0.550. The van der Waals surface area contributed by atoms with Crippen LogP contribution in [0.15, 0.2) is 24.3 Å². The minimum Gasteiger partial charge on any atom is -0.480 e. The summed E-state index contributed by atoms with van der Waals surface area (Å²) in [6.07, 6.45) is 1.79. The molecule has 6 nitrogen and oxygen atoms in total. The molecule has 2 N–H and O–H groups in total. The van der Waals surface area contributed by atoms with Gasteiger partial charge in [0.25, 0.3) is 5.91 Å². The van der Waals surface area contributed by atoms with Crippen molar-refractivity contribution in [3.8, 4) is 0 Å². The van der Waals surface area contributed by atoms with Crippen LogP contribution in [0.5, 0.6) is 0 Å². The highest BCUT2D eigenvalue weighted by Gasteiger charge is 2.31. The minimum absolute atomic E-state index is 0.0838. The predicted molar refractivity (Wildman–Crippen MR) is 98.8 cm³/mol. The van der Waals surface area contributed by atoms with Gasteiger partial charge in [-0.1, -0.05) is 31.5 Å². The average molecular weight is 360 g/mol. The summed E-state index contributed by atoms with van der Waals surface area (Å²) < 4.78 is 0. The number of aliphatic carboxylic acids is 1. The van der Waals surface area contributed by atoms with Crippen molar-refractivity contribution in [3.05, 3.63) is 35.4 Å². The molecule has 1 heterocycles. The molecule has 2 rings (SSSR count). The van der Waals surface area contributed by atoms with Gasteiger partial charge in [0.2, 0.25) is 5.91 Å². The number of benzene rings is 1. The third kappa shape index (κ3) is 5.31. The van der Waals surface area contributed by atoms with E-state index < -0.39 is 12.0 Å². The summed E-state index contributed by atoms with van der Waals surface area (Å²) in [6, 6.07) is 6.50. The first-order valence-electron chi connectivity index (χ1n) is 9.17. The Morgan fingerprint density at radius 3 is 2.46 bits per heavy atom. The zero-order valence-electron chi connectivity index (χ0n) is 15.7. The Balaban J connectivity index is 2.00. The zero-order chi connectivity index (χ0) is 19.3. The van der Waals surface area contributed by atoms with E-state index in [1.54, 1.807) is 17.0 Å². The number of carbonyl (C=O) groups excluding carboxylic acids is 2. The van der Waals surface area contributed by atoms with Gasteiger partial charge in [-0.05, 0) is 44.2 Å². The second-order valence-electron chi connectivity index (χ2n) is 7.49. The van der Waals surface area contributed by atoms with Gasteiger partial charge in [-0.3, -0.25) is 9.59 Å². The molecule has 2 amide bonds. The fourth-order valence-corrected chi connectivity index (χ4v) is 3.24. The van der Waals surface area contributed by atoms with Crippen molar-refractivity contribution in [2.45, 2.75) is 46.1 Å². The van der Waals surface area contributed by atoms with Crippen molar-refractivity contribution in [1.29, 1.82) is 0 Å². The molecule has 1 aliphatic heterocycles. The lowest BCUT2D eigenvalue weighted by Crippen LogP contribution is -2.49. The van der Waals surface area contributed by atoms with Crippen LogP contribution in [0.3, 0.4) is 0 Å². The maximum atomic E-state index is 12.7. The van der Waals surface area contributed by atoms with E-state index in [4.69, 9.17) is 0 Å². The molecule has 0 saturated carbocycles. The van der Waals surface area contributed by atoms with Crippen LogP contribution in [0.1, 0.15) is 49.0 Å². The number of nitrogens with one attached hydrogen (secondary N) is 1. The first-order valence-corrected chi connectivity index (χ1v) is 9.17. The molecule has 0 radical (unpaired) electrons. The van der Waals surface area contributed by atoms with Crippen LogP contribution in [0.2, 0.25) is 0 Å². The number of carboxylic acid groups (broad SMARTS) is 1. The van der Waals surface area contributed by atoms with Crippen LogP contribution < -0.4 is 5.32 Å². The van der Waals surface area contributed by atoms with Gasteiger partial charge in [0.1, 0.15) is 6.04 Å². The Morgan fingerprint density at radius 2 is 1.88 bits per heavy atom. The summed E-state index contributed by atoms with van der Waals surface area (Å²) in [5.41, 5.74) is 1.70. The Hall–Kier alpha value is -2.37. The summed E-state index contributed by atoms with van der Waals surface area (Å²) in [4.78, 5) is 38.2. The molecule has 1 aromatic carbocycles. The van der Waals surface area contributed by atoms with Gasteiger partial charge in [0.15, 0.2) is 0 Å². The number of amides is 2. The molecule has 6 heteroatoms. The number of aryl methyl sites for hydroxylation is 1. The molecule has 0 bridgehead atoms. The van der Waals surface area contributed by atoms with E-state index in [0.29, 0.717) is 31.5 Å². The molecule has 1 unspecified atom stereocenters. The SMILES string of the molecule is Cc1ccc(C(=O)N2CCCC(C(=O)N[C@@H](CC(C)C)C(=O)O)C2)cc1. The van der Waals surface area contributed by atoms with E-state index in [-0.39, 0.29) is 23.7 Å². The van der Waals surface area contributed by atoms with Crippen LogP contribution in [0.4, 0.5) is 0 Å². The molecule has 0 aromatic heterocycles. The number of carbonyl (C=O) groups is 3. The maximum absolute atomic E-state index is 12.7. The van der Waals surface area contributed by atoms with Gasteiger partial charge in [-0.25, -0.2) is 4.79 Å². The third-order valence-electron chi connectivity index (χ3n) is 4.70.